The Bertz CT molecular complexity index is 524. The van der Waals surface area contributed by atoms with E-state index in [0.717, 1.165) is 24.2 Å². The van der Waals surface area contributed by atoms with Gasteiger partial charge in [0, 0.05) is 6.04 Å². The molecule has 1 heterocycles. The molecule has 5 nitrogen and oxygen atoms in total. The van der Waals surface area contributed by atoms with Crippen LogP contribution in [0, 0.1) is 6.92 Å². The molecular weight excluding hydrogens is 308 g/mol. The predicted octanol–water partition coefficient (Wildman–Crippen LogP) is 3.08. The minimum Gasteiger partial charge on any atom is -0.477 e. The Balaban J connectivity index is 1.90. The Morgan fingerprint density at radius 3 is 2.62 bits per heavy atom. The lowest BCUT2D eigenvalue weighted by atomic mass is 9.95. The Hall–Kier alpha value is -1.08. The van der Waals surface area contributed by atoms with Gasteiger partial charge in [0.2, 0.25) is 5.91 Å². The van der Waals surface area contributed by atoms with Crippen LogP contribution in [-0.2, 0) is 4.79 Å². The summed E-state index contributed by atoms with van der Waals surface area (Å²) in [5.74, 6) is -0.951. The number of carboxylic acid groups (broad SMARTS) is 1. The first kappa shape index (κ1) is 16.3. The summed E-state index contributed by atoms with van der Waals surface area (Å²) in [6, 6.07) is 0.293. The number of carbonyl (C=O) groups is 2. The van der Waals surface area contributed by atoms with E-state index in [1.165, 1.54) is 31.0 Å². The van der Waals surface area contributed by atoms with Crippen molar-refractivity contribution in [1.29, 1.82) is 0 Å². The quantitative estimate of drug-likeness (QED) is 0.812. The lowest BCUT2D eigenvalue weighted by molar-refractivity contribution is -0.121. The van der Waals surface area contributed by atoms with Gasteiger partial charge in [-0.1, -0.05) is 31.0 Å². The van der Waals surface area contributed by atoms with Gasteiger partial charge in [-0.3, -0.25) is 4.79 Å². The number of thiazole rings is 1. The SMILES string of the molecule is Cc1nc(SC(C)C(=O)NC2CCCCC2)sc1C(=O)O. The second-order valence-electron chi connectivity index (χ2n) is 5.30. The van der Waals surface area contributed by atoms with Crippen molar-refractivity contribution in [2.45, 2.75) is 61.6 Å². The molecule has 1 aromatic rings. The molecular formula is C14H20N2O3S2. The van der Waals surface area contributed by atoms with E-state index < -0.39 is 5.97 Å². The number of nitrogens with one attached hydrogen (secondary N) is 1. The maximum absolute atomic E-state index is 12.2. The lowest BCUT2D eigenvalue weighted by Crippen LogP contribution is -2.40. The van der Waals surface area contributed by atoms with Crippen molar-refractivity contribution < 1.29 is 14.7 Å². The minimum absolute atomic E-state index is 0.0108. The van der Waals surface area contributed by atoms with Gasteiger partial charge in [-0.15, -0.1) is 11.3 Å². The molecule has 2 rings (SSSR count). The zero-order valence-electron chi connectivity index (χ0n) is 12.2. The van der Waals surface area contributed by atoms with Crippen molar-refractivity contribution in [3.63, 3.8) is 0 Å². The number of hydrogen-bond donors (Lipinski definition) is 2. The molecule has 7 heteroatoms. The zero-order valence-corrected chi connectivity index (χ0v) is 13.9. The third-order valence-electron chi connectivity index (χ3n) is 3.57. The summed E-state index contributed by atoms with van der Waals surface area (Å²) < 4.78 is 0.635. The number of aromatic carboxylic acids is 1. The molecule has 1 saturated carbocycles. The van der Waals surface area contributed by atoms with Gasteiger partial charge in [0.05, 0.1) is 10.9 Å². The number of carboxylic acids is 1. The average molecular weight is 328 g/mol. The molecule has 1 unspecified atom stereocenters. The Morgan fingerprint density at radius 1 is 1.38 bits per heavy atom. The number of aryl methyl sites for hydroxylation is 1. The normalized spacial score (nSPS) is 17.4. The van der Waals surface area contributed by atoms with Gasteiger partial charge in [0.15, 0.2) is 4.34 Å². The number of carbonyl (C=O) groups excluding carboxylic acids is 1. The van der Waals surface area contributed by atoms with Crippen LogP contribution >= 0.6 is 23.1 Å². The van der Waals surface area contributed by atoms with Crippen LogP contribution in [0.3, 0.4) is 0 Å². The van der Waals surface area contributed by atoms with E-state index in [1.54, 1.807) is 6.92 Å². The molecule has 1 fully saturated rings. The fourth-order valence-electron chi connectivity index (χ4n) is 2.39. The molecule has 0 aromatic carbocycles. The molecule has 0 saturated heterocycles. The van der Waals surface area contributed by atoms with E-state index in [1.807, 2.05) is 6.92 Å². The van der Waals surface area contributed by atoms with Crippen LogP contribution in [0.5, 0.6) is 0 Å². The Kier molecular flexibility index (Phi) is 5.64. The number of hydrogen-bond acceptors (Lipinski definition) is 5. The number of rotatable bonds is 5. The van der Waals surface area contributed by atoms with Crippen LogP contribution in [0.25, 0.3) is 0 Å². The van der Waals surface area contributed by atoms with Gasteiger partial charge in [-0.2, -0.15) is 0 Å². The zero-order chi connectivity index (χ0) is 15.4. The van der Waals surface area contributed by atoms with Crippen molar-refractivity contribution in [2.24, 2.45) is 0 Å². The summed E-state index contributed by atoms with van der Waals surface area (Å²) in [6.07, 6.45) is 5.73. The van der Waals surface area contributed by atoms with E-state index in [9.17, 15) is 9.59 Å². The molecule has 1 aromatic heterocycles. The first-order valence-electron chi connectivity index (χ1n) is 7.15. The van der Waals surface area contributed by atoms with E-state index in [-0.39, 0.29) is 16.0 Å². The summed E-state index contributed by atoms with van der Waals surface area (Å²) in [6.45, 7) is 3.51. The summed E-state index contributed by atoms with van der Waals surface area (Å²) in [7, 11) is 0. The summed E-state index contributed by atoms with van der Waals surface area (Å²) in [5, 5.41) is 11.8. The van der Waals surface area contributed by atoms with Gasteiger partial charge >= 0.3 is 5.97 Å². The highest BCUT2D eigenvalue weighted by atomic mass is 32.2. The van der Waals surface area contributed by atoms with Crippen LogP contribution in [0.1, 0.15) is 54.4 Å². The summed E-state index contributed by atoms with van der Waals surface area (Å²) in [4.78, 5) is 27.6. The molecule has 2 N–H and O–H groups in total. The topological polar surface area (TPSA) is 79.3 Å². The smallest absolute Gasteiger partial charge is 0.347 e. The standard InChI is InChI=1S/C14H20N2O3S2/c1-8-11(13(18)19)21-14(15-8)20-9(2)12(17)16-10-6-4-3-5-7-10/h9-10H,3-7H2,1-2H3,(H,16,17)(H,18,19). The number of aromatic nitrogens is 1. The number of nitrogens with zero attached hydrogens (tertiary/aromatic N) is 1. The van der Waals surface area contributed by atoms with Crippen molar-refractivity contribution in [1.82, 2.24) is 10.3 Å². The Morgan fingerprint density at radius 2 is 2.05 bits per heavy atom. The van der Waals surface area contributed by atoms with Crippen molar-refractivity contribution >= 4 is 35.0 Å². The van der Waals surface area contributed by atoms with Crippen LogP contribution in [0.15, 0.2) is 4.34 Å². The second-order valence-corrected chi connectivity index (χ2v) is 7.89. The maximum Gasteiger partial charge on any atom is 0.347 e. The van der Waals surface area contributed by atoms with Crippen LogP contribution in [-0.4, -0.2) is 33.3 Å². The van der Waals surface area contributed by atoms with Gasteiger partial charge in [0.1, 0.15) is 4.88 Å². The lowest BCUT2D eigenvalue weighted by Gasteiger charge is -2.24. The van der Waals surface area contributed by atoms with Crippen LogP contribution in [0.4, 0.5) is 0 Å². The molecule has 1 aliphatic rings. The predicted molar refractivity (Wildman–Crippen MR) is 84.1 cm³/mol. The van der Waals surface area contributed by atoms with Gasteiger partial charge in [-0.25, -0.2) is 9.78 Å². The van der Waals surface area contributed by atoms with E-state index >= 15 is 0 Å². The molecule has 1 atom stereocenters. The highest BCUT2D eigenvalue weighted by Gasteiger charge is 2.22. The molecule has 21 heavy (non-hydrogen) atoms. The monoisotopic (exact) mass is 328 g/mol. The summed E-state index contributed by atoms with van der Waals surface area (Å²) in [5.41, 5.74) is 0.509. The highest BCUT2D eigenvalue weighted by Crippen LogP contribution is 2.30. The molecule has 0 bridgehead atoms. The maximum atomic E-state index is 12.2. The fraction of sp³-hybridized carbons (Fsp3) is 0.643. The van der Waals surface area contributed by atoms with Crippen molar-refractivity contribution in [3.05, 3.63) is 10.6 Å². The van der Waals surface area contributed by atoms with Crippen LogP contribution < -0.4 is 5.32 Å². The van der Waals surface area contributed by atoms with E-state index in [2.05, 4.69) is 10.3 Å². The average Bonchev–Trinajstić information content (AvgIpc) is 2.80. The number of thioether (sulfide) groups is 1. The summed E-state index contributed by atoms with van der Waals surface area (Å²) >= 11 is 2.46. The first-order valence-corrected chi connectivity index (χ1v) is 8.84. The van der Waals surface area contributed by atoms with E-state index in [0.29, 0.717) is 16.1 Å². The largest absolute Gasteiger partial charge is 0.477 e. The molecule has 1 amide bonds. The Labute approximate surface area is 132 Å². The van der Waals surface area contributed by atoms with Crippen LogP contribution in [0.2, 0.25) is 0 Å². The molecule has 116 valence electrons. The van der Waals surface area contributed by atoms with Gasteiger partial charge in [-0.05, 0) is 26.7 Å². The minimum atomic E-state index is -0.962. The number of amides is 1. The third-order valence-corrected chi connectivity index (χ3v) is 5.91. The van der Waals surface area contributed by atoms with Crippen molar-refractivity contribution in [2.75, 3.05) is 0 Å². The molecule has 0 spiro atoms. The highest BCUT2D eigenvalue weighted by molar-refractivity contribution is 8.02. The third kappa shape index (κ3) is 4.44. The first-order chi connectivity index (χ1) is 9.97. The molecule has 0 radical (unpaired) electrons. The fourth-order valence-corrected chi connectivity index (χ4v) is 4.57. The van der Waals surface area contributed by atoms with Crippen molar-refractivity contribution in [3.8, 4) is 0 Å². The molecule has 1 aliphatic carbocycles. The molecule has 0 aliphatic heterocycles. The van der Waals surface area contributed by atoms with Gasteiger partial charge < -0.3 is 10.4 Å². The second kappa shape index (κ2) is 7.26. The van der Waals surface area contributed by atoms with E-state index in [4.69, 9.17) is 5.11 Å². The van der Waals surface area contributed by atoms with Gasteiger partial charge in [0.25, 0.3) is 0 Å².